The number of sulfonamides is 1. The summed E-state index contributed by atoms with van der Waals surface area (Å²) in [6.07, 6.45) is 5.86. The highest BCUT2D eigenvalue weighted by Gasteiger charge is 2.35. The Bertz CT molecular complexity index is 753. The molecule has 2 amide bonds. The summed E-state index contributed by atoms with van der Waals surface area (Å²) in [7, 11) is 0.683. The van der Waals surface area contributed by atoms with Crippen LogP contribution in [0.1, 0.15) is 32.1 Å². The topological polar surface area (TPSA) is 73.0 Å². The van der Waals surface area contributed by atoms with Crippen LogP contribution in [0.3, 0.4) is 0 Å². The van der Waals surface area contributed by atoms with Gasteiger partial charge in [-0.15, -0.1) is 0 Å². The van der Waals surface area contributed by atoms with Crippen molar-refractivity contribution in [2.75, 3.05) is 46.8 Å². The summed E-state index contributed by atoms with van der Waals surface area (Å²) in [5, 5.41) is 3.11. The van der Waals surface area contributed by atoms with Crippen molar-refractivity contribution in [1.29, 1.82) is 0 Å². The standard InChI is InChI=1S/C20H32N4O3S/c1-22(2)20(11-7-4-8-12-20)17-21-19(25)23-13-15-24(16-14-23)28(26,27)18-9-5-3-6-10-18/h3,5-6,9-10H,4,7-8,11-17H2,1-2H3,(H,21,25). The second kappa shape index (κ2) is 8.80. The number of likely N-dealkylation sites (N-methyl/N-ethyl adjacent to an activating group) is 1. The molecule has 0 aromatic heterocycles. The summed E-state index contributed by atoms with van der Waals surface area (Å²) < 4.78 is 26.9. The third-order valence-corrected chi connectivity index (χ3v) is 8.12. The van der Waals surface area contributed by atoms with Gasteiger partial charge >= 0.3 is 6.03 Å². The Morgan fingerprint density at radius 3 is 2.21 bits per heavy atom. The second-order valence-electron chi connectivity index (χ2n) is 8.04. The molecule has 2 aliphatic rings. The van der Waals surface area contributed by atoms with Crippen LogP contribution in [0.15, 0.2) is 35.2 Å². The lowest BCUT2D eigenvalue weighted by Gasteiger charge is -2.43. The zero-order chi connectivity index (χ0) is 20.2. The van der Waals surface area contributed by atoms with Gasteiger partial charge in [-0.05, 0) is 39.1 Å². The molecule has 0 bridgehead atoms. The average Bonchev–Trinajstić information content (AvgIpc) is 2.73. The third kappa shape index (κ3) is 4.50. The molecule has 1 heterocycles. The van der Waals surface area contributed by atoms with E-state index >= 15 is 0 Å². The van der Waals surface area contributed by atoms with Gasteiger partial charge < -0.3 is 15.1 Å². The van der Waals surface area contributed by atoms with E-state index in [1.54, 1.807) is 35.2 Å². The molecule has 1 aromatic rings. The van der Waals surface area contributed by atoms with Crippen LogP contribution in [0.25, 0.3) is 0 Å². The number of carbonyl (C=O) groups excluding carboxylic acids is 1. The Kier molecular flexibility index (Phi) is 6.62. The number of hydrogen-bond acceptors (Lipinski definition) is 4. The minimum Gasteiger partial charge on any atom is -0.336 e. The van der Waals surface area contributed by atoms with Crippen LogP contribution >= 0.6 is 0 Å². The fourth-order valence-electron chi connectivity index (χ4n) is 4.22. The molecule has 3 rings (SSSR count). The van der Waals surface area contributed by atoms with Gasteiger partial charge in [0.2, 0.25) is 10.0 Å². The van der Waals surface area contributed by atoms with Crippen LogP contribution in [0, 0.1) is 0 Å². The van der Waals surface area contributed by atoms with Gasteiger partial charge in [0.15, 0.2) is 0 Å². The van der Waals surface area contributed by atoms with E-state index < -0.39 is 10.0 Å². The lowest BCUT2D eigenvalue weighted by molar-refractivity contribution is 0.0963. The number of hydrogen-bond donors (Lipinski definition) is 1. The van der Waals surface area contributed by atoms with Gasteiger partial charge in [-0.1, -0.05) is 37.5 Å². The number of carbonyl (C=O) groups is 1. The highest BCUT2D eigenvalue weighted by Crippen LogP contribution is 2.31. The molecular formula is C20H32N4O3S. The number of nitrogens with one attached hydrogen (secondary N) is 1. The summed E-state index contributed by atoms with van der Waals surface area (Å²) in [6, 6.07) is 8.38. The van der Waals surface area contributed by atoms with E-state index in [1.165, 1.54) is 23.6 Å². The Morgan fingerprint density at radius 1 is 1.04 bits per heavy atom. The van der Waals surface area contributed by atoms with E-state index in [0.29, 0.717) is 37.6 Å². The van der Waals surface area contributed by atoms with Crippen LogP contribution in [0.4, 0.5) is 4.79 Å². The van der Waals surface area contributed by atoms with Crippen molar-refractivity contribution in [3.8, 4) is 0 Å². The van der Waals surface area contributed by atoms with Crippen LogP contribution in [-0.4, -0.2) is 80.9 Å². The molecule has 156 valence electrons. The van der Waals surface area contributed by atoms with Gasteiger partial charge in [0.05, 0.1) is 4.90 Å². The zero-order valence-electron chi connectivity index (χ0n) is 16.9. The second-order valence-corrected chi connectivity index (χ2v) is 9.98. The van der Waals surface area contributed by atoms with Crippen molar-refractivity contribution in [3.05, 3.63) is 30.3 Å². The fraction of sp³-hybridized carbons (Fsp3) is 0.650. The highest BCUT2D eigenvalue weighted by molar-refractivity contribution is 7.89. The molecule has 1 aromatic carbocycles. The van der Waals surface area contributed by atoms with Gasteiger partial charge in [0.1, 0.15) is 0 Å². The number of nitrogens with zero attached hydrogens (tertiary/aromatic N) is 3. The third-order valence-electron chi connectivity index (χ3n) is 6.21. The Hall–Kier alpha value is -1.64. The first-order valence-electron chi connectivity index (χ1n) is 10.1. The van der Waals surface area contributed by atoms with Crippen LogP contribution in [0.2, 0.25) is 0 Å². The zero-order valence-corrected chi connectivity index (χ0v) is 17.7. The van der Waals surface area contributed by atoms with E-state index in [0.717, 1.165) is 12.8 Å². The van der Waals surface area contributed by atoms with Crippen molar-refractivity contribution < 1.29 is 13.2 Å². The first-order valence-corrected chi connectivity index (χ1v) is 11.5. The number of rotatable bonds is 5. The number of benzene rings is 1. The molecule has 2 fully saturated rings. The van der Waals surface area contributed by atoms with Crippen LogP contribution in [-0.2, 0) is 10.0 Å². The number of piperazine rings is 1. The van der Waals surface area contributed by atoms with Gasteiger partial charge in [-0.2, -0.15) is 4.31 Å². The van der Waals surface area contributed by atoms with Crippen LogP contribution in [0.5, 0.6) is 0 Å². The Balaban J connectivity index is 1.54. The van der Waals surface area contributed by atoms with E-state index in [9.17, 15) is 13.2 Å². The Morgan fingerprint density at radius 2 is 1.64 bits per heavy atom. The van der Waals surface area contributed by atoms with Crippen molar-refractivity contribution >= 4 is 16.1 Å². The maximum absolute atomic E-state index is 12.7. The van der Waals surface area contributed by atoms with Gasteiger partial charge in [0, 0.05) is 38.3 Å². The maximum atomic E-state index is 12.7. The highest BCUT2D eigenvalue weighted by atomic mass is 32.2. The summed E-state index contributed by atoms with van der Waals surface area (Å²) >= 11 is 0. The first kappa shape index (κ1) is 21.1. The summed E-state index contributed by atoms with van der Waals surface area (Å²) in [5.41, 5.74) is 0.0341. The lowest BCUT2D eigenvalue weighted by Crippen LogP contribution is -2.58. The van der Waals surface area contributed by atoms with Crippen molar-refractivity contribution in [2.24, 2.45) is 0 Å². The van der Waals surface area contributed by atoms with Crippen LogP contribution < -0.4 is 5.32 Å². The van der Waals surface area contributed by atoms with E-state index in [4.69, 9.17) is 0 Å². The molecule has 0 radical (unpaired) electrons. The molecule has 8 heteroatoms. The predicted octanol–water partition coefficient (Wildman–Crippen LogP) is 1.97. The van der Waals surface area contributed by atoms with E-state index in [-0.39, 0.29) is 11.6 Å². The normalized spacial score (nSPS) is 20.9. The van der Waals surface area contributed by atoms with Gasteiger partial charge in [-0.3, -0.25) is 0 Å². The molecule has 1 aliphatic carbocycles. The minimum absolute atomic E-state index is 0.0341. The van der Waals surface area contributed by atoms with E-state index in [1.807, 2.05) is 0 Å². The first-order chi connectivity index (χ1) is 13.3. The van der Waals surface area contributed by atoms with Gasteiger partial charge in [0.25, 0.3) is 0 Å². The predicted molar refractivity (Wildman–Crippen MR) is 110 cm³/mol. The smallest absolute Gasteiger partial charge is 0.317 e. The molecule has 0 unspecified atom stereocenters. The molecule has 1 saturated carbocycles. The minimum atomic E-state index is -3.49. The molecule has 0 spiro atoms. The lowest BCUT2D eigenvalue weighted by atomic mass is 9.80. The maximum Gasteiger partial charge on any atom is 0.317 e. The monoisotopic (exact) mass is 408 g/mol. The molecule has 28 heavy (non-hydrogen) atoms. The van der Waals surface area contributed by atoms with Crippen molar-refractivity contribution in [2.45, 2.75) is 42.5 Å². The summed E-state index contributed by atoms with van der Waals surface area (Å²) in [6.45, 7) is 2.11. The molecule has 1 N–H and O–H groups in total. The van der Waals surface area contributed by atoms with Gasteiger partial charge in [-0.25, -0.2) is 13.2 Å². The molecule has 1 saturated heterocycles. The number of urea groups is 1. The molecule has 0 atom stereocenters. The largest absolute Gasteiger partial charge is 0.336 e. The van der Waals surface area contributed by atoms with Crippen molar-refractivity contribution in [1.82, 2.24) is 19.4 Å². The summed E-state index contributed by atoms with van der Waals surface area (Å²) in [4.78, 5) is 16.9. The molecule has 1 aliphatic heterocycles. The molecule has 7 nitrogen and oxygen atoms in total. The quantitative estimate of drug-likeness (QED) is 0.808. The summed E-state index contributed by atoms with van der Waals surface area (Å²) in [5.74, 6) is 0. The Labute approximate surface area is 168 Å². The average molecular weight is 409 g/mol. The van der Waals surface area contributed by atoms with E-state index in [2.05, 4.69) is 24.3 Å². The molecular weight excluding hydrogens is 376 g/mol. The van der Waals surface area contributed by atoms with Crippen molar-refractivity contribution in [3.63, 3.8) is 0 Å². The number of amides is 2. The SMILES string of the molecule is CN(C)C1(CNC(=O)N2CCN(S(=O)(=O)c3ccccc3)CC2)CCCCC1. The fourth-order valence-corrected chi connectivity index (χ4v) is 5.66.